The summed E-state index contributed by atoms with van der Waals surface area (Å²) in [4.78, 5) is 15.9. The third kappa shape index (κ3) is 2.79. The number of fused-ring (bicyclic) bond motifs is 1. The molecule has 1 aromatic carbocycles. The first-order valence-corrected chi connectivity index (χ1v) is 6.16. The van der Waals surface area contributed by atoms with Gasteiger partial charge in [0.05, 0.1) is 23.3 Å². The average Bonchev–Trinajstić information content (AvgIpc) is 2.43. The monoisotopic (exact) mass is 274 g/mol. The van der Waals surface area contributed by atoms with E-state index in [2.05, 4.69) is 15.6 Å². The molecular weight excluding hydrogens is 260 g/mol. The molecule has 98 valence electrons. The Morgan fingerprint density at radius 2 is 2.16 bits per heavy atom. The van der Waals surface area contributed by atoms with Gasteiger partial charge in [-0.3, -0.25) is 9.78 Å². The van der Waals surface area contributed by atoms with E-state index >= 15 is 0 Å². The molecule has 6 heteroatoms. The van der Waals surface area contributed by atoms with Gasteiger partial charge in [0.2, 0.25) is 5.91 Å². The number of thiocarbonyl (C=S) groups is 1. The fourth-order valence-electron chi connectivity index (χ4n) is 1.78. The first-order valence-electron chi connectivity index (χ1n) is 5.75. The molecular formula is C13H14N4OS. The molecule has 1 aromatic heterocycles. The van der Waals surface area contributed by atoms with Gasteiger partial charge in [0.15, 0.2) is 0 Å². The van der Waals surface area contributed by atoms with Crippen molar-refractivity contribution in [3.63, 3.8) is 0 Å². The smallest absolute Gasteiger partial charge is 0.239 e. The largest absolute Gasteiger partial charge is 0.389 e. The molecule has 0 aliphatic rings. The predicted octanol–water partition coefficient (Wildman–Crippen LogP) is 1.03. The molecule has 0 radical (unpaired) electrons. The Labute approximate surface area is 116 Å². The van der Waals surface area contributed by atoms with Crippen molar-refractivity contribution in [3.8, 4) is 0 Å². The van der Waals surface area contributed by atoms with E-state index in [1.807, 2.05) is 24.3 Å². The molecule has 1 heterocycles. The van der Waals surface area contributed by atoms with Gasteiger partial charge in [0, 0.05) is 18.6 Å². The summed E-state index contributed by atoms with van der Waals surface area (Å²) in [5, 5.41) is 6.51. The zero-order chi connectivity index (χ0) is 13.8. The number of anilines is 1. The lowest BCUT2D eigenvalue weighted by Crippen LogP contribution is -2.27. The number of likely N-dealkylation sites (N-methyl/N-ethyl adjacent to an activating group) is 1. The fraction of sp³-hybridized carbons (Fsp3) is 0.154. The van der Waals surface area contributed by atoms with Crippen molar-refractivity contribution in [1.29, 1.82) is 0 Å². The van der Waals surface area contributed by atoms with Crippen molar-refractivity contribution in [1.82, 2.24) is 10.3 Å². The van der Waals surface area contributed by atoms with Crippen LogP contribution in [-0.4, -0.2) is 29.5 Å². The minimum Gasteiger partial charge on any atom is -0.389 e. The molecule has 4 N–H and O–H groups in total. The number of nitrogens with one attached hydrogen (secondary N) is 2. The van der Waals surface area contributed by atoms with Crippen LogP contribution >= 0.6 is 12.2 Å². The molecule has 0 spiro atoms. The average molecular weight is 274 g/mol. The van der Waals surface area contributed by atoms with E-state index in [4.69, 9.17) is 18.0 Å². The van der Waals surface area contributed by atoms with Gasteiger partial charge < -0.3 is 16.4 Å². The molecule has 0 fully saturated rings. The number of carbonyl (C=O) groups excluding carboxylic acids is 1. The van der Waals surface area contributed by atoms with E-state index < -0.39 is 0 Å². The van der Waals surface area contributed by atoms with Crippen LogP contribution in [0, 0.1) is 0 Å². The number of pyridine rings is 1. The molecule has 0 bridgehead atoms. The van der Waals surface area contributed by atoms with Gasteiger partial charge in [0.25, 0.3) is 0 Å². The van der Waals surface area contributed by atoms with Gasteiger partial charge >= 0.3 is 0 Å². The van der Waals surface area contributed by atoms with Crippen molar-refractivity contribution in [2.24, 2.45) is 5.73 Å². The summed E-state index contributed by atoms with van der Waals surface area (Å²) in [6.45, 7) is 0.153. The maximum atomic E-state index is 11.3. The molecule has 0 saturated carbocycles. The molecule has 2 aromatic rings. The van der Waals surface area contributed by atoms with Crippen LogP contribution < -0.4 is 16.4 Å². The predicted molar refractivity (Wildman–Crippen MR) is 80.2 cm³/mol. The summed E-state index contributed by atoms with van der Waals surface area (Å²) < 4.78 is 0. The summed E-state index contributed by atoms with van der Waals surface area (Å²) in [6.07, 6.45) is 1.62. The second-order valence-electron chi connectivity index (χ2n) is 3.96. The lowest BCUT2D eigenvalue weighted by molar-refractivity contribution is -0.118. The maximum Gasteiger partial charge on any atom is 0.239 e. The number of benzene rings is 1. The summed E-state index contributed by atoms with van der Waals surface area (Å²) in [6, 6.07) is 7.61. The summed E-state index contributed by atoms with van der Waals surface area (Å²) in [5.74, 6) is -0.116. The highest BCUT2D eigenvalue weighted by atomic mass is 32.1. The molecule has 1 amide bonds. The number of para-hydroxylation sites is 1. The van der Waals surface area contributed by atoms with E-state index in [1.165, 1.54) is 0 Å². The van der Waals surface area contributed by atoms with Gasteiger partial charge in [-0.05, 0) is 6.07 Å². The molecule has 19 heavy (non-hydrogen) atoms. The van der Waals surface area contributed by atoms with Crippen molar-refractivity contribution in [2.75, 3.05) is 18.9 Å². The maximum absolute atomic E-state index is 11.3. The van der Waals surface area contributed by atoms with Crippen LogP contribution in [0.3, 0.4) is 0 Å². The van der Waals surface area contributed by atoms with Gasteiger partial charge in [-0.2, -0.15) is 0 Å². The number of hydrogen-bond donors (Lipinski definition) is 3. The normalized spacial score (nSPS) is 10.2. The number of amides is 1. The van der Waals surface area contributed by atoms with Crippen LogP contribution in [0.2, 0.25) is 0 Å². The lowest BCUT2D eigenvalue weighted by Gasteiger charge is -2.13. The van der Waals surface area contributed by atoms with E-state index in [0.717, 1.165) is 16.6 Å². The topological polar surface area (TPSA) is 80.0 Å². The van der Waals surface area contributed by atoms with Gasteiger partial charge in [0.1, 0.15) is 4.99 Å². The number of rotatable bonds is 4. The minimum absolute atomic E-state index is 0.116. The Morgan fingerprint density at radius 1 is 1.42 bits per heavy atom. The molecule has 0 saturated heterocycles. The van der Waals surface area contributed by atoms with E-state index in [0.29, 0.717) is 5.56 Å². The highest BCUT2D eigenvalue weighted by Crippen LogP contribution is 2.25. The summed E-state index contributed by atoms with van der Waals surface area (Å²) in [7, 11) is 1.59. The summed E-state index contributed by atoms with van der Waals surface area (Å²) >= 11 is 5.02. The molecule has 5 nitrogen and oxygen atoms in total. The van der Waals surface area contributed by atoms with Crippen molar-refractivity contribution in [2.45, 2.75) is 0 Å². The van der Waals surface area contributed by atoms with Crippen LogP contribution in [0.1, 0.15) is 5.56 Å². The van der Waals surface area contributed by atoms with Crippen LogP contribution in [0.25, 0.3) is 10.9 Å². The van der Waals surface area contributed by atoms with Crippen LogP contribution in [0.15, 0.2) is 30.5 Å². The lowest BCUT2D eigenvalue weighted by atomic mass is 10.1. The van der Waals surface area contributed by atoms with Crippen LogP contribution in [-0.2, 0) is 4.79 Å². The van der Waals surface area contributed by atoms with Crippen molar-refractivity contribution in [3.05, 3.63) is 36.0 Å². The van der Waals surface area contributed by atoms with Gasteiger partial charge in [-0.15, -0.1) is 0 Å². The zero-order valence-electron chi connectivity index (χ0n) is 10.4. The van der Waals surface area contributed by atoms with E-state index in [9.17, 15) is 4.79 Å². The Kier molecular flexibility index (Phi) is 3.91. The summed E-state index contributed by atoms with van der Waals surface area (Å²) in [5.41, 5.74) is 7.89. The van der Waals surface area contributed by atoms with Crippen molar-refractivity contribution < 1.29 is 4.79 Å². The minimum atomic E-state index is -0.116. The number of carbonyl (C=O) groups is 1. The molecule has 2 rings (SSSR count). The Morgan fingerprint density at radius 3 is 2.84 bits per heavy atom. The Balaban J connectivity index is 2.49. The second-order valence-corrected chi connectivity index (χ2v) is 4.39. The number of hydrogen-bond acceptors (Lipinski definition) is 4. The fourth-order valence-corrected chi connectivity index (χ4v) is 1.93. The van der Waals surface area contributed by atoms with Crippen LogP contribution in [0.4, 0.5) is 5.69 Å². The van der Waals surface area contributed by atoms with Crippen LogP contribution in [0.5, 0.6) is 0 Å². The molecule has 0 unspecified atom stereocenters. The third-order valence-electron chi connectivity index (χ3n) is 2.75. The number of nitrogens with two attached hydrogens (primary N) is 1. The Bertz CT molecular complexity index is 642. The zero-order valence-corrected chi connectivity index (χ0v) is 11.3. The third-order valence-corrected chi connectivity index (χ3v) is 2.97. The van der Waals surface area contributed by atoms with Crippen molar-refractivity contribution >= 4 is 39.7 Å². The van der Waals surface area contributed by atoms with E-state index in [-0.39, 0.29) is 17.4 Å². The van der Waals surface area contributed by atoms with Gasteiger partial charge in [-0.25, -0.2) is 0 Å². The van der Waals surface area contributed by atoms with E-state index in [1.54, 1.807) is 13.2 Å². The second kappa shape index (κ2) is 5.62. The standard InChI is InChI=1S/C13H14N4OS/c1-15-11(18)7-17-12-8-4-2-3-5-10(8)16-6-9(12)13(14)19/h2-6H,7H2,1H3,(H2,14,19)(H,15,18)(H,16,17). The van der Waals surface area contributed by atoms with Gasteiger partial charge in [-0.1, -0.05) is 30.4 Å². The first kappa shape index (κ1) is 13.2. The molecule has 0 aliphatic carbocycles. The first-order chi connectivity index (χ1) is 9.13. The SMILES string of the molecule is CNC(=O)CNc1c(C(N)=S)cnc2ccccc12. The Hall–Kier alpha value is -2.21. The molecule has 0 aliphatic heterocycles. The highest BCUT2D eigenvalue weighted by Gasteiger charge is 2.11. The highest BCUT2D eigenvalue weighted by molar-refractivity contribution is 7.80. The number of nitrogens with zero attached hydrogens (tertiary/aromatic N) is 1. The number of aromatic nitrogens is 1. The molecule has 0 atom stereocenters. The quantitative estimate of drug-likeness (QED) is 0.726.